The molecule has 0 aromatic heterocycles. The number of rotatable bonds is 3. The molecular formula is C16H18N2O3. The smallest absolute Gasteiger partial charge is 0.249 e. The number of piperidine rings is 1. The van der Waals surface area contributed by atoms with Gasteiger partial charge < -0.3 is 0 Å². The van der Waals surface area contributed by atoms with Crippen LogP contribution in [0.25, 0.3) is 0 Å². The molecular weight excluding hydrogens is 268 g/mol. The van der Waals surface area contributed by atoms with Crippen molar-refractivity contribution in [3.05, 3.63) is 36.1 Å². The molecule has 3 amide bonds. The lowest BCUT2D eigenvalue weighted by atomic mass is 9.97. The summed E-state index contributed by atoms with van der Waals surface area (Å²) in [6, 6.07) is -0.601. The van der Waals surface area contributed by atoms with Gasteiger partial charge in [-0.1, -0.05) is 18.7 Å². The monoisotopic (exact) mass is 286 g/mol. The second-order valence-electron chi connectivity index (χ2n) is 5.73. The number of carbonyl (C=O) groups is 3. The van der Waals surface area contributed by atoms with E-state index in [0.717, 1.165) is 24.1 Å². The summed E-state index contributed by atoms with van der Waals surface area (Å²) < 4.78 is 0. The fourth-order valence-electron chi connectivity index (χ4n) is 3.30. The third-order valence-corrected chi connectivity index (χ3v) is 4.48. The maximum Gasteiger partial charge on any atom is 0.249 e. The van der Waals surface area contributed by atoms with Crippen LogP contribution in [0.4, 0.5) is 0 Å². The van der Waals surface area contributed by atoms with E-state index >= 15 is 0 Å². The molecule has 2 aliphatic heterocycles. The first-order chi connectivity index (χ1) is 10.0. The van der Waals surface area contributed by atoms with Crippen LogP contribution in [0.3, 0.4) is 0 Å². The summed E-state index contributed by atoms with van der Waals surface area (Å²) >= 11 is 0. The van der Waals surface area contributed by atoms with Crippen LogP contribution in [0.5, 0.6) is 0 Å². The molecule has 1 saturated heterocycles. The number of nitrogens with one attached hydrogen (secondary N) is 1. The molecule has 5 heteroatoms. The van der Waals surface area contributed by atoms with Crippen LogP contribution < -0.4 is 5.32 Å². The van der Waals surface area contributed by atoms with Gasteiger partial charge in [0.15, 0.2) is 0 Å². The summed E-state index contributed by atoms with van der Waals surface area (Å²) in [6.45, 7) is 5.70. The van der Waals surface area contributed by atoms with Gasteiger partial charge in [0.05, 0.1) is 5.41 Å². The molecule has 1 unspecified atom stereocenters. The molecule has 1 saturated carbocycles. The van der Waals surface area contributed by atoms with E-state index in [9.17, 15) is 14.4 Å². The summed E-state index contributed by atoms with van der Waals surface area (Å²) in [7, 11) is 0. The van der Waals surface area contributed by atoms with E-state index in [0.29, 0.717) is 6.42 Å². The van der Waals surface area contributed by atoms with Gasteiger partial charge in [0.2, 0.25) is 17.7 Å². The summed E-state index contributed by atoms with van der Waals surface area (Å²) in [4.78, 5) is 37.8. The van der Waals surface area contributed by atoms with Crippen molar-refractivity contribution in [2.24, 2.45) is 5.41 Å². The Morgan fingerprint density at radius 2 is 2.05 bits per heavy atom. The minimum atomic E-state index is -0.601. The summed E-state index contributed by atoms with van der Waals surface area (Å²) in [5, 5.41) is 2.33. The van der Waals surface area contributed by atoms with Crippen molar-refractivity contribution < 1.29 is 14.4 Å². The van der Waals surface area contributed by atoms with E-state index in [1.54, 1.807) is 11.0 Å². The fourth-order valence-corrected chi connectivity index (χ4v) is 3.30. The number of hydrogen-bond acceptors (Lipinski definition) is 3. The second-order valence-corrected chi connectivity index (χ2v) is 5.73. The van der Waals surface area contributed by atoms with Crippen molar-refractivity contribution in [1.82, 2.24) is 10.2 Å². The third kappa shape index (κ3) is 1.87. The van der Waals surface area contributed by atoms with Gasteiger partial charge in [-0.25, -0.2) is 0 Å². The zero-order valence-electron chi connectivity index (χ0n) is 12.0. The predicted molar refractivity (Wildman–Crippen MR) is 76.7 cm³/mol. The lowest BCUT2D eigenvalue weighted by molar-refractivity contribution is -0.144. The number of amides is 3. The molecule has 2 fully saturated rings. The van der Waals surface area contributed by atoms with Gasteiger partial charge in [0.25, 0.3) is 0 Å². The predicted octanol–water partition coefficient (Wildman–Crippen LogP) is 1.43. The average Bonchev–Trinajstić information content (AvgIpc) is 3.19. The molecule has 0 radical (unpaired) electrons. The van der Waals surface area contributed by atoms with Crippen LogP contribution in [0.1, 0.15) is 32.6 Å². The number of imide groups is 1. The summed E-state index contributed by atoms with van der Waals surface area (Å²) in [6.07, 6.45) is 7.68. The lowest BCUT2D eigenvalue weighted by Gasteiger charge is -2.31. The number of carbonyl (C=O) groups excluding carboxylic acids is 3. The van der Waals surface area contributed by atoms with E-state index < -0.39 is 11.5 Å². The highest BCUT2D eigenvalue weighted by molar-refractivity contribution is 6.04. The van der Waals surface area contributed by atoms with Gasteiger partial charge in [0, 0.05) is 12.1 Å². The van der Waals surface area contributed by atoms with Crippen molar-refractivity contribution in [3.63, 3.8) is 0 Å². The van der Waals surface area contributed by atoms with Gasteiger partial charge >= 0.3 is 0 Å². The van der Waals surface area contributed by atoms with Gasteiger partial charge in [0.1, 0.15) is 6.04 Å². The number of allylic oxidation sites excluding steroid dienone is 3. The first kappa shape index (κ1) is 13.8. The van der Waals surface area contributed by atoms with Crippen molar-refractivity contribution in [2.75, 3.05) is 0 Å². The Morgan fingerprint density at radius 3 is 2.57 bits per heavy atom. The zero-order chi connectivity index (χ0) is 15.2. The van der Waals surface area contributed by atoms with Gasteiger partial charge in [-0.15, -0.1) is 0 Å². The van der Waals surface area contributed by atoms with E-state index in [-0.39, 0.29) is 24.1 Å². The van der Waals surface area contributed by atoms with E-state index in [1.165, 1.54) is 0 Å². The highest BCUT2D eigenvalue weighted by Crippen LogP contribution is 2.59. The third-order valence-electron chi connectivity index (χ3n) is 4.48. The Bertz CT molecular complexity index is 611. The van der Waals surface area contributed by atoms with Crippen LogP contribution in [0, 0.1) is 5.41 Å². The van der Waals surface area contributed by atoms with Crippen LogP contribution in [0.2, 0.25) is 0 Å². The first-order valence-corrected chi connectivity index (χ1v) is 7.22. The molecule has 1 atom stereocenters. The van der Waals surface area contributed by atoms with Crippen molar-refractivity contribution in [1.29, 1.82) is 0 Å². The molecule has 1 N–H and O–H groups in total. The highest BCUT2D eigenvalue weighted by Gasteiger charge is 2.61. The first-order valence-electron chi connectivity index (χ1n) is 7.22. The van der Waals surface area contributed by atoms with Crippen molar-refractivity contribution in [2.45, 2.75) is 38.6 Å². The van der Waals surface area contributed by atoms with Crippen LogP contribution in [-0.2, 0) is 14.4 Å². The van der Waals surface area contributed by atoms with Crippen LogP contribution >= 0.6 is 0 Å². The molecule has 0 bridgehead atoms. The summed E-state index contributed by atoms with van der Waals surface area (Å²) in [5.74, 6) is -0.688. The number of nitrogens with zero attached hydrogens (tertiary/aromatic N) is 1. The maximum atomic E-state index is 12.8. The van der Waals surface area contributed by atoms with Gasteiger partial charge in [-0.05, 0) is 37.8 Å². The molecule has 3 aliphatic rings. The van der Waals surface area contributed by atoms with Gasteiger partial charge in [-0.3, -0.25) is 24.6 Å². The molecule has 2 heterocycles. The van der Waals surface area contributed by atoms with Crippen LogP contribution in [0.15, 0.2) is 36.1 Å². The Balaban J connectivity index is 2.03. The largest absolute Gasteiger partial charge is 0.299 e. The molecule has 110 valence electrons. The standard InChI is InChI=1S/C16H18N2O3/c1-3-5-11-10(4-2)16(8-9-16)15(21)18(11)12-6-7-13(19)17-14(12)20/h3-5,12H,2,6-9H2,1H3,(H,17,19,20)/b5-3-. The normalized spacial score (nSPS) is 27.8. The molecule has 1 spiro atoms. The van der Waals surface area contributed by atoms with Crippen molar-refractivity contribution >= 4 is 17.7 Å². The SMILES string of the molecule is C=CC1=C(/C=C\C)N(C2CCC(=O)NC2=O)C(=O)C12CC2. The second kappa shape index (κ2) is 4.69. The quantitative estimate of drug-likeness (QED) is 0.798. The fraction of sp³-hybridized carbons (Fsp3) is 0.438. The molecule has 3 rings (SSSR count). The zero-order valence-corrected chi connectivity index (χ0v) is 12.0. The van der Waals surface area contributed by atoms with E-state index in [1.807, 2.05) is 19.1 Å². The molecule has 5 nitrogen and oxygen atoms in total. The summed E-state index contributed by atoms with van der Waals surface area (Å²) in [5.41, 5.74) is 1.19. The topological polar surface area (TPSA) is 66.5 Å². The molecule has 21 heavy (non-hydrogen) atoms. The molecule has 0 aromatic carbocycles. The minimum absolute atomic E-state index is 0.0278. The van der Waals surface area contributed by atoms with E-state index in [2.05, 4.69) is 11.9 Å². The Morgan fingerprint density at radius 1 is 1.33 bits per heavy atom. The van der Waals surface area contributed by atoms with Crippen molar-refractivity contribution in [3.8, 4) is 0 Å². The molecule has 1 aliphatic carbocycles. The Labute approximate surface area is 123 Å². The maximum absolute atomic E-state index is 12.8. The highest BCUT2D eigenvalue weighted by atomic mass is 16.2. The number of hydrogen-bond donors (Lipinski definition) is 1. The van der Waals surface area contributed by atoms with Gasteiger partial charge in [-0.2, -0.15) is 0 Å². The Kier molecular flexibility index (Phi) is 3.08. The average molecular weight is 286 g/mol. The van der Waals surface area contributed by atoms with E-state index in [4.69, 9.17) is 0 Å². The lowest BCUT2D eigenvalue weighted by Crippen LogP contribution is -2.53. The minimum Gasteiger partial charge on any atom is -0.299 e. The van der Waals surface area contributed by atoms with Crippen LogP contribution in [-0.4, -0.2) is 28.7 Å². The Hall–Kier alpha value is -2.17. The molecule has 0 aromatic rings.